The van der Waals surface area contributed by atoms with Crippen molar-refractivity contribution < 1.29 is 9.21 Å². The number of carbonyl (C=O) groups is 1. The topological polar surface area (TPSA) is 74.7 Å². The molecule has 100 valence electrons. The van der Waals surface area contributed by atoms with Gasteiger partial charge in [-0.1, -0.05) is 0 Å². The number of nitrogens with two attached hydrogens (primary N) is 1. The highest BCUT2D eigenvalue weighted by Gasteiger charge is 2.18. The molecule has 1 amide bonds. The van der Waals surface area contributed by atoms with Crippen molar-refractivity contribution in [3.05, 3.63) is 23.7 Å². The summed E-state index contributed by atoms with van der Waals surface area (Å²) in [6, 6.07) is 1.65. The number of hydrogen-bond acceptors (Lipinski definition) is 5. The number of nitrogen functional groups attached to an aromatic ring is 1. The van der Waals surface area contributed by atoms with E-state index in [-0.39, 0.29) is 5.91 Å². The van der Waals surface area contributed by atoms with Gasteiger partial charge in [-0.2, -0.15) is 0 Å². The first-order chi connectivity index (χ1) is 8.70. The average molecular weight is 252 g/mol. The van der Waals surface area contributed by atoms with Crippen molar-refractivity contribution in [1.29, 1.82) is 0 Å². The Morgan fingerprint density at radius 1 is 1.44 bits per heavy atom. The lowest BCUT2D eigenvalue weighted by Crippen LogP contribution is -2.32. The summed E-state index contributed by atoms with van der Waals surface area (Å²) in [4.78, 5) is 16.2. The SMILES string of the molecule is CN1CCCN(Cc2occc2C(=O)NN)CC1. The Bertz CT molecular complexity index is 405. The van der Waals surface area contributed by atoms with Crippen molar-refractivity contribution in [2.24, 2.45) is 5.84 Å². The van der Waals surface area contributed by atoms with Gasteiger partial charge in [0.15, 0.2) is 0 Å². The number of hydrogen-bond donors (Lipinski definition) is 2. The van der Waals surface area contributed by atoms with Gasteiger partial charge in [0.1, 0.15) is 5.76 Å². The van der Waals surface area contributed by atoms with Gasteiger partial charge in [-0.05, 0) is 32.6 Å². The molecular weight excluding hydrogens is 232 g/mol. The minimum absolute atomic E-state index is 0.300. The number of nitrogens with one attached hydrogen (secondary N) is 1. The van der Waals surface area contributed by atoms with Gasteiger partial charge in [0.05, 0.1) is 18.4 Å². The van der Waals surface area contributed by atoms with Gasteiger partial charge < -0.3 is 9.32 Å². The molecule has 1 aromatic rings. The normalized spacial score (nSPS) is 18.6. The van der Waals surface area contributed by atoms with E-state index in [4.69, 9.17) is 10.3 Å². The molecule has 0 atom stereocenters. The van der Waals surface area contributed by atoms with Crippen molar-refractivity contribution in [2.45, 2.75) is 13.0 Å². The van der Waals surface area contributed by atoms with E-state index >= 15 is 0 Å². The third-order valence-electron chi connectivity index (χ3n) is 3.30. The van der Waals surface area contributed by atoms with Gasteiger partial charge in [0.25, 0.3) is 5.91 Å². The van der Waals surface area contributed by atoms with Gasteiger partial charge >= 0.3 is 0 Å². The van der Waals surface area contributed by atoms with Crippen LogP contribution in [-0.4, -0.2) is 48.9 Å². The van der Waals surface area contributed by atoms with E-state index in [0.717, 1.165) is 32.6 Å². The highest BCUT2D eigenvalue weighted by Crippen LogP contribution is 2.14. The van der Waals surface area contributed by atoms with Crippen LogP contribution in [0.15, 0.2) is 16.7 Å². The Morgan fingerprint density at radius 3 is 3.06 bits per heavy atom. The van der Waals surface area contributed by atoms with Crippen molar-refractivity contribution in [1.82, 2.24) is 15.2 Å². The van der Waals surface area contributed by atoms with Gasteiger partial charge in [0.2, 0.25) is 0 Å². The number of rotatable bonds is 3. The Labute approximate surface area is 107 Å². The summed E-state index contributed by atoms with van der Waals surface area (Å²) in [6.45, 7) is 4.82. The van der Waals surface area contributed by atoms with Crippen LogP contribution in [0.4, 0.5) is 0 Å². The molecule has 0 radical (unpaired) electrons. The summed E-state index contributed by atoms with van der Waals surface area (Å²) in [5, 5.41) is 0. The first-order valence-corrected chi connectivity index (χ1v) is 6.19. The molecule has 1 aromatic heterocycles. The Hall–Kier alpha value is -1.37. The first kappa shape index (κ1) is 13.1. The quantitative estimate of drug-likeness (QED) is 0.451. The summed E-state index contributed by atoms with van der Waals surface area (Å²) < 4.78 is 5.39. The van der Waals surface area contributed by atoms with E-state index in [1.165, 1.54) is 6.26 Å². The number of carbonyl (C=O) groups excluding carboxylic acids is 1. The monoisotopic (exact) mass is 252 g/mol. The molecule has 0 aliphatic carbocycles. The van der Waals surface area contributed by atoms with Crippen LogP contribution in [0.1, 0.15) is 22.5 Å². The van der Waals surface area contributed by atoms with Crippen LogP contribution in [0.5, 0.6) is 0 Å². The zero-order valence-electron chi connectivity index (χ0n) is 10.7. The summed E-state index contributed by atoms with van der Waals surface area (Å²) in [5.74, 6) is 5.53. The summed E-state index contributed by atoms with van der Waals surface area (Å²) in [6.07, 6.45) is 2.67. The van der Waals surface area contributed by atoms with Crippen molar-refractivity contribution in [2.75, 3.05) is 33.2 Å². The van der Waals surface area contributed by atoms with E-state index < -0.39 is 0 Å². The minimum atomic E-state index is -0.300. The largest absolute Gasteiger partial charge is 0.467 e. The predicted octanol–water partition coefficient (Wildman–Crippen LogP) is 0.0206. The highest BCUT2D eigenvalue weighted by molar-refractivity contribution is 5.94. The molecule has 0 saturated carbocycles. The lowest BCUT2D eigenvalue weighted by molar-refractivity contribution is 0.0950. The van der Waals surface area contributed by atoms with E-state index in [1.54, 1.807) is 6.07 Å². The van der Waals surface area contributed by atoms with Crippen LogP contribution in [-0.2, 0) is 6.54 Å². The lowest BCUT2D eigenvalue weighted by atomic mass is 10.2. The van der Waals surface area contributed by atoms with Crippen LogP contribution in [0.2, 0.25) is 0 Å². The smallest absolute Gasteiger partial charge is 0.268 e. The van der Waals surface area contributed by atoms with Crippen molar-refractivity contribution in [3.63, 3.8) is 0 Å². The molecule has 0 unspecified atom stereocenters. The predicted molar refractivity (Wildman–Crippen MR) is 67.8 cm³/mol. The van der Waals surface area contributed by atoms with Gasteiger partial charge in [0, 0.05) is 13.1 Å². The van der Waals surface area contributed by atoms with E-state index in [0.29, 0.717) is 17.9 Å². The molecule has 1 saturated heterocycles. The Kier molecular flexibility index (Phi) is 4.35. The van der Waals surface area contributed by atoms with Gasteiger partial charge in [-0.25, -0.2) is 5.84 Å². The Balaban J connectivity index is 2.00. The number of nitrogens with zero attached hydrogens (tertiary/aromatic N) is 2. The standard InChI is InChI=1S/C12H20N4O2/c1-15-4-2-5-16(7-6-15)9-11-10(3-8-18-11)12(17)14-13/h3,8H,2,4-7,9,13H2,1H3,(H,14,17). The van der Waals surface area contributed by atoms with Crippen LogP contribution in [0.25, 0.3) is 0 Å². The molecule has 1 aliphatic heterocycles. The van der Waals surface area contributed by atoms with Gasteiger partial charge in [-0.15, -0.1) is 0 Å². The molecular formula is C12H20N4O2. The Morgan fingerprint density at radius 2 is 2.28 bits per heavy atom. The molecule has 0 spiro atoms. The summed E-state index contributed by atoms with van der Waals surface area (Å²) in [5.41, 5.74) is 2.66. The maximum Gasteiger partial charge on any atom is 0.268 e. The van der Waals surface area contributed by atoms with Gasteiger partial charge in [-0.3, -0.25) is 15.1 Å². The fraction of sp³-hybridized carbons (Fsp3) is 0.583. The number of likely N-dealkylation sites (N-methyl/N-ethyl adjacent to an activating group) is 1. The van der Waals surface area contributed by atoms with Crippen LogP contribution in [0, 0.1) is 0 Å². The maximum absolute atomic E-state index is 11.5. The molecule has 1 fully saturated rings. The van der Waals surface area contributed by atoms with E-state index in [1.807, 2.05) is 0 Å². The van der Waals surface area contributed by atoms with Crippen LogP contribution in [0.3, 0.4) is 0 Å². The zero-order chi connectivity index (χ0) is 13.0. The number of furan rings is 1. The second-order valence-electron chi connectivity index (χ2n) is 4.66. The molecule has 1 aliphatic rings. The zero-order valence-corrected chi connectivity index (χ0v) is 10.7. The van der Waals surface area contributed by atoms with Crippen LogP contribution >= 0.6 is 0 Å². The molecule has 18 heavy (non-hydrogen) atoms. The minimum Gasteiger partial charge on any atom is -0.467 e. The maximum atomic E-state index is 11.5. The molecule has 3 N–H and O–H groups in total. The second kappa shape index (κ2) is 5.99. The summed E-state index contributed by atoms with van der Waals surface area (Å²) in [7, 11) is 2.13. The molecule has 6 nitrogen and oxygen atoms in total. The fourth-order valence-corrected chi connectivity index (χ4v) is 2.20. The second-order valence-corrected chi connectivity index (χ2v) is 4.66. The molecule has 2 heterocycles. The van der Waals surface area contributed by atoms with E-state index in [2.05, 4.69) is 22.3 Å². The molecule has 0 bridgehead atoms. The lowest BCUT2D eigenvalue weighted by Gasteiger charge is -2.19. The van der Waals surface area contributed by atoms with Crippen LogP contribution < -0.4 is 11.3 Å². The fourth-order valence-electron chi connectivity index (χ4n) is 2.20. The third-order valence-corrected chi connectivity index (χ3v) is 3.30. The molecule has 0 aromatic carbocycles. The molecule has 2 rings (SSSR count). The number of amides is 1. The highest BCUT2D eigenvalue weighted by atomic mass is 16.3. The first-order valence-electron chi connectivity index (χ1n) is 6.19. The van der Waals surface area contributed by atoms with Crippen molar-refractivity contribution >= 4 is 5.91 Å². The third kappa shape index (κ3) is 3.10. The van der Waals surface area contributed by atoms with E-state index in [9.17, 15) is 4.79 Å². The number of hydrazine groups is 1. The average Bonchev–Trinajstić information content (AvgIpc) is 2.73. The molecule has 6 heteroatoms. The van der Waals surface area contributed by atoms with Crippen molar-refractivity contribution in [3.8, 4) is 0 Å². The summed E-state index contributed by atoms with van der Waals surface area (Å²) >= 11 is 0.